The Hall–Kier alpha value is -0.570. The van der Waals surface area contributed by atoms with Gasteiger partial charge in [0.15, 0.2) is 0 Å². The van der Waals surface area contributed by atoms with Crippen LogP contribution in [0, 0.1) is 5.92 Å². The van der Waals surface area contributed by atoms with Gasteiger partial charge in [0.05, 0.1) is 6.04 Å². The summed E-state index contributed by atoms with van der Waals surface area (Å²) in [5, 5.41) is 3.30. The normalized spacial score (nSPS) is 34.2. The standard InChI is InChI=1S/C13H24N2O/c1-3-6-10-9-12(10)15-8-5-7-11(13(15)16)14-4-2/h10-12,14H,3-9H2,1-2H3. The number of piperidine rings is 1. The first-order chi connectivity index (χ1) is 7.77. The third-order valence-electron chi connectivity index (χ3n) is 3.87. The summed E-state index contributed by atoms with van der Waals surface area (Å²) in [7, 11) is 0. The van der Waals surface area contributed by atoms with Crippen LogP contribution in [0.25, 0.3) is 0 Å². The fourth-order valence-electron chi connectivity index (χ4n) is 2.96. The molecule has 1 N–H and O–H groups in total. The Labute approximate surface area is 98.6 Å². The van der Waals surface area contributed by atoms with Gasteiger partial charge in [-0.3, -0.25) is 4.79 Å². The van der Waals surface area contributed by atoms with Crippen LogP contribution in [0.5, 0.6) is 0 Å². The lowest BCUT2D eigenvalue weighted by atomic mass is 10.0. The first-order valence-electron chi connectivity index (χ1n) is 6.81. The summed E-state index contributed by atoms with van der Waals surface area (Å²) in [4.78, 5) is 14.4. The molecule has 1 aliphatic carbocycles. The molecular formula is C13H24N2O. The third kappa shape index (κ3) is 2.40. The van der Waals surface area contributed by atoms with E-state index in [9.17, 15) is 4.79 Å². The van der Waals surface area contributed by atoms with Crippen molar-refractivity contribution in [1.29, 1.82) is 0 Å². The highest BCUT2D eigenvalue weighted by Gasteiger charge is 2.45. The topological polar surface area (TPSA) is 32.3 Å². The summed E-state index contributed by atoms with van der Waals surface area (Å²) in [6.45, 7) is 6.19. The quantitative estimate of drug-likeness (QED) is 0.772. The molecular weight excluding hydrogens is 200 g/mol. The molecule has 2 fully saturated rings. The van der Waals surface area contributed by atoms with Gasteiger partial charge in [0.2, 0.25) is 5.91 Å². The second-order valence-electron chi connectivity index (χ2n) is 5.14. The van der Waals surface area contributed by atoms with Crippen molar-refractivity contribution < 1.29 is 4.79 Å². The van der Waals surface area contributed by atoms with E-state index in [-0.39, 0.29) is 6.04 Å². The second-order valence-corrected chi connectivity index (χ2v) is 5.14. The maximum atomic E-state index is 12.2. The summed E-state index contributed by atoms with van der Waals surface area (Å²) in [6.07, 6.45) is 5.98. The van der Waals surface area contributed by atoms with Crippen LogP contribution in [-0.2, 0) is 4.79 Å². The highest BCUT2D eigenvalue weighted by molar-refractivity contribution is 5.83. The summed E-state index contributed by atoms with van der Waals surface area (Å²) >= 11 is 0. The van der Waals surface area contributed by atoms with Gasteiger partial charge in [0.1, 0.15) is 0 Å². The van der Waals surface area contributed by atoms with Crippen molar-refractivity contribution in [1.82, 2.24) is 10.2 Å². The molecule has 3 nitrogen and oxygen atoms in total. The fourth-order valence-corrected chi connectivity index (χ4v) is 2.96. The Morgan fingerprint density at radius 2 is 2.25 bits per heavy atom. The van der Waals surface area contributed by atoms with Gasteiger partial charge >= 0.3 is 0 Å². The van der Waals surface area contributed by atoms with Crippen LogP contribution in [0.1, 0.15) is 46.0 Å². The van der Waals surface area contributed by atoms with Crippen LogP contribution in [0.3, 0.4) is 0 Å². The van der Waals surface area contributed by atoms with E-state index in [0.717, 1.165) is 25.4 Å². The Balaban J connectivity index is 1.88. The molecule has 16 heavy (non-hydrogen) atoms. The van der Waals surface area contributed by atoms with Gasteiger partial charge in [-0.1, -0.05) is 20.3 Å². The largest absolute Gasteiger partial charge is 0.338 e. The first-order valence-corrected chi connectivity index (χ1v) is 6.81. The molecule has 3 atom stereocenters. The second kappa shape index (κ2) is 5.17. The smallest absolute Gasteiger partial charge is 0.239 e. The SMILES string of the molecule is CCCC1CC1N1CCCC(NCC)C1=O. The van der Waals surface area contributed by atoms with E-state index < -0.39 is 0 Å². The first kappa shape index (κ1) is 11.9. The van der Waals surface area contributed by atoms with Crippen LogP contribution in [0.4, 0.5) is 0 Å². The van der Waals surface area contributed by atoms with Gasteiger partial charge in [-0.05, 0) is 38.1 Å². The molecule has 3 heteroatoms. The predicted molar refractivity (Wildman–Crippen MR) is 65.2 cm³/mol. The van der Waals surface area contributed by atoms with Gasteiger partial charge in [-0.2, -0.15) is 0 Å². The highest BCUT2D eigenvalue weighted by Crippen LogP contribution is 2.40. The van der Waals surface area contributed by atoms with E-state index in [1.54, 1.807) is 0 Å². The van der Waals surface area contributed by atoms with E-state index in [1.165, 1.54) is 25.7 Å². The van der Waals surface area contributed by atoms with Crippen molar-refractivity contribution in [2.75, 3.05) is 13.1 Å². The molecule has 1 heterocycles. The molecule has 0 aromatic carbocycles. The minimum atomic E-state index is 0.0987. The van der Waals surface area contributed by atoms with Crippen molar-refractivity contribution in [3.63, 3.8) is 0 Å². The third-order valence-corrected chi connectivity index (χ3v) is 3.87. The number of likely N-dealkylation sites (N-methyl/N-ethyl adjacent to an activating group) is 1. The molecule has 92 valence electrons. The van der Waals surface area contributed by atoms with Gasteiger partial charge in [0, 0.05) is 12.6 Å². The van der Waals surface area contributed by atoms with Gasteiger partial charge in [-0.25, -0.2) is 0 Å². The molecule has 1 saturated heterocycles. The molecule has 1 saturated carbocycles. The number of amides is 1. The number of hydrogen-bond donors (Lipinski definition) is 1. The fraction of sp³-hybridized carbons (Fsp3) is 0.923. The minimum Gasteiger partial charge on any atom is -0.338 e. The molecule has 1 aliphatic heterocycles. The van der Waals surface area contributed by atoms with Crippen molar-refractivity contribution in [2.24, 2.45) is 5.92 Å². The summed E-state index contributed by atoms with van der Waals surface area (Å²) in [5.41, 5.74) is 0. The molecule has 0 radical (unpaired) electrons. The number of carbonyl (C=O) groups is 1. The molecule has 3 unspecified atom stereocenters. The van der Waals surface area contributed by atoms with Gasteiger partial charge in [0.25, 0.3) is 0 Å². The highest BCUT2D eigenvalue weighted by atomic mass is 16.2. The summed E-state index contributed by atoms with van der Waals surface area (Å²) in [5.74, 6) is 1.16. The number of likely N-dealkylation sites (tertiary alicyclic amines) is 1. The van der Waals surface area contributed by atoms with E-state index in [1.807, 2.05) is 0 Å². The van der Waals surface area contributed by atoms with Gasteiger partial charge in [-0.15, -0.1) is 0 Å². The minimum absolute atomic E-state index is 0.0987. The van der Waals surface area contributed by atoms with Crippen molar-refractivity contribution in [3.8, 4) is 0 Å². The molecule has 2 aliphatic rings. The zero-order valence-corrected chi connectivity index (χ0v) is 10.5. The number of carbonyl (C=O) groups excluding carboxylic acids is 1. The Bertz CT molecular complexity index is 252. The Morgan fingerprint density at radius 1 is 1.44 bits per heavy atom. The van der Waals surface area contributed by atoms with Crippen LogP contribution < -0.4 is 5.32 Å². The number of nitrogens with zero attached hydrogens (tertiary/aromatic N) is 1. The lowest BCUT2D eigenvalue weighted by Gasteiger charge is -2.33. The Morgan fingerprint density at radius 3 is 2.94 bits per heavy atom. The van der Waals surface area contributed by atoms with Crippen LogP contribution in [-0.4, -0.2) is 36.0 Å². The molecule has 0 spiro atoms. The van der Waals surface area contributed by atoms with Crippen LogP contribution in [0.2, 0.25) is 0 Å². The lowest BCUT2D eigenvalue weighted by Crippen LogP contribution is -2.51. The summed E-state index contributed by atoms with van der Waals surface area (Å²) < 4.78 is 0. The molecule has 0 aromatic rings. The van der Waals surface area contributed by atoms with Crippen molar-refractivity contribution >= 4 is 5.91 Å². The monoisotopic (exact) mass is 224 g/mol. The summed E-state index contributed by atoms with van der Waals surface area (Å²) in [6, 6.07) is 0.676. The number of rotatable bonds is 5. The van der Waals surface area contributed by atoms with Gasteiger partial charge < -0.3 is 10.2 Å². The zero-order valence-electron chi connectivity index (χ0n) is 10.5. The van der Waals surface area contributed by atoms with E-state index in [0.29, 0.717) is 11.9 Å². The van der Waals surface area contributed by atoms with Crippen molar-refractivity contribution in [2.45, 2.75) is 58.0 Å². The molecule has 0 aromatic heterocycles. The molecule has 2 rings (SSSR count). The van der Waals surface area contributed by atoms with E-state index >= 15 is 0 Å². The van der Waals surface area contributed by atoms with E-state index in [2.05, 4.69) is 24.1 Å². The maximum Gasteiger partial charge on any atom is 0.239 e. The number of hydrogen-bond acceptors (Lipinski definition) is 2. The van der Waals surface area contributed by atoms with Crippen molar-refractivity contribution in [3.05, 3.63) is 0 Å². The predicted octanol–water partition coefficient (Wildman–Crippen LogP) is 1.78. The number of nitrogens with one attached hydrogen (secondary N) is 1. The lowest BCUT2D eigenvalue weighted by molar-refractivity contribution is -0.136. The Kier molecular flexibility index (Phi) is 3.85. The average Bonchev–Trinajstić information content (AvgIpc) is 3.01. The maximum absolute atomic E-state index is 12.2. The van der Waals surface area contributed by atoms with Crippen LogP contribution >= 0.6 is 0 Å². The zero-order chi connectivity index (χ0) is 11.5. The van der Waals surface area contributed by atoms with E-state index in [4.69, 9.17) is 0 Å². The molecule has 0 bridgehead atoms. The van der Waals surface area contributed by atoms with Crippen LogP contribution in [0.15, 0.2) is 0 Å². The molecule has 1 amide bonds. The average molecular weight is 224 g/mol.